The van der Waals surface area contributed by atoms with Crippen LogP contribution in [0.15, 0.2) is 29.1 Å². The summed E-state index contributed by atoms with van der Waals surface area (Å²) in [4.78, 5) is 29.9. The molecule has 3 aromatic rings. The fourth-order valence-corrected chi connectivity index (χ4v) is 3.66. The van der Waals surface area contributed by atoms with Crippen LogP contribution in [-0.4, -0.2) is 19.9 Å². The van der Waals surface area contributed by atoms with Crippen molar-refractivity contribution in [1.82, 2.24) is 14.0 Å². The van der Waals surface area contributed by atoms with Crippen LogP contribution in [0.4, 0.5) is 4.39 Å². The summed E-state index contributed by atoms with van der Waals surface area (Å²) in [6.45, 7) is 7.92. The van der Waals surface area contributed by atoms with E-state index in [-0.39, 0.29) is 29.1 Å². The normalized spacial score (nSPS) is 11.7. The predicted molar refractivity (Wildman–Crippen MR) is 104 cm³/mol. The Bertz CT molecular complexity index is 1050. The van der Waals surface area contributed by atoms with E-state index in [9.17, 15) is 14.0 Å². The summed E-state index contributed by atoms with van der Waals surface area (Å²) >= 11 is 1.09. The third-order valence-corrected chi connectivity index (χ3v) is 4.93. The van der Waals surface area contributed by atoms with E-state index >= 15 is 0 Å². The molecule has 0 saturated carbocycles. The zero-order valence-corrected chi connectivity index (χ0v) is 16.5. The van der Waals surface area contributed by atoms with Crippen LogP contribution in [-0.2, 0) is 23.1 Å². The number of carbonyl (C=O) groups excluding carboxylic acids is 1. The molecule has 1 amide bonds. The van der Waals surface area contributed by atoms with E-state index in [4.69, 9.17) is 0 Å². The van der Waals surface area contributed by atoms with E-state index in [1.165, 1.54) is 16.8 Å². The predicted octanol–water partition coefficient (Wildman–Crippen LogP) is 3.16. The molecule has 0 aliphatic carbocycles. The van der Waals surface area contributed by atoms with Gasteiger partial charge in [0.2, 0.25) is 5.91 Å². The summed E-state index contributed by atoms with van der Waals surface area (Å²) in [7, 11) is 0. The van der Waals surface area contributed by atoms with Crippen LogP contribution in [0.1, 0.15) is 44.8 Å². The topological polar surface area (TPSA) is 76.9 Å². The monoisotopic (exact) mass is 388 g/mol. The molecular weight excluding hydrogens is 367 g/mol. The summed E-state index contributed by atoms with van der Waals surface area (Å²) in [6, 6.07) is 5.67. The van der Waals surface area contributed by atoms with Crippen LogP contribution in [0.2, 0.25) is 0 Å². The molecule has 8 heteroatoms. The van der Waals surface area contributed by atoms with Crippen molar-refractivity contribution in [2.24, 2.45) is 0 Å². The van der Waals surface area contributed by atoms with Crippen molar-refractivity contribution in [2.45, 2.75) is 46.0 Å². The van der Waals surface area contributed by atoms with Crippen molar-refractivity contribution in [3.8, 4) is 0 Å². The second kappa shape index (κ2) is 7.19. The van der Waals surface area contributed by atoms with Gasteiger partial charge in [0, 0.05) is 11.8 Å². The molecule has 0 aliphatic heterocycles. The van der Waals surface area contributed by atoms with Gasteiger partial charge in [0.25, 0.3) is 5.56 Å². The third-order valence-electron chi connectivity index (χ3n) is 4.10. The van der Waals surface area contributed by atoms with E-state index in [1.54, 1.807) is 12.1 Å². The second-order valence-corrected chi connectivity index (χ2v) is 8.09. The fraction of sp³-hybridized carbons (Fsp3) is 0.368. The van der Waals surface area contributed by atoms with Gasteiger partial charge in [0.1, 0.15) is 21.9 Å². The van der Waals surface area contributed by atoms with Crippen LogP contribution >= 0.6 is 11.5 Å². The standard InChI is InChI=1S/C19H21FN4O2S/c1-5-13-21-15-16(27-23-17(15)19(2,3)4)18(26)24(13)22-14(25)10-11-6-8-12(20)9-7-11/h6-9H,5,10H2,1-4H3,(H,22,25). The largest absolute Gasteiger partial charge is 0.292 e. The number of rotatable bonds is 4. The lowest BCUT2D eigenvalue weighted by molar-refractivity contribution is -0.116. The highest BCUT2D eigenvalue weighted by molar-refractivity contribution is 7.13. The minimum atomic E-state index is -0.375. The molecule has 2 aromatic heterocycles. The second-order valence-electron chi connectivity index (χ2n) is 7.32. The number of fused-ring (bicyclic) bond motifs is 1. The van der Waals surface area contributed by atoms with E-state index in [2.05, 4.69) is 14.8 Å². The Balaban J connectivity index is 1.96. The van der Waals surface area contributed by atoms with Gasteiger partial charge in [-0.1, -0.05) is 39.8 Å². The van der Waals surface area contributed by atoms with Crippen molar-refractivity contribution in [3.05, 3.63) is 57.5 Å². The van der Waals surface area contributed by atoms with Crippen LogP contribution in [0, 0.1) is 5.82 Å². The Morgan fingerprint density at radius 2 is 1.93 bits per heavy atom. The van der Waals surface area contributed by atoms with E-state index < -0.39 is 0 Å². The van der Waals surface area contributed by atoms with Gasteiger partial charge < -0.3 is 0 Å². The minimum absolute atomic E-state index is 0.0316. The van der Waals surface area contributed by atoms with E-state index in [0.29, 0.717) is 28.0 Å². The fourth-order valence-electron chi connectivity index (χ4n) is 2.72. The average molecular weight is 388 g/mol. The molecule has 3 rings (SSSR count). The average Bonchev–Trinajstić information content (AvgIpc) is 3.03. The molecule has 1 aromatic carbocycles. The molecule has 6 nitrogen and oxygen atoms in total. The van der Waals surface area contributed by atoms with Gasteiger partial charge in [-0.2, -0.15) is 4.37 Å². The van der Waals surface area contributed by atoms with E-state index in [1.807, 2.05) is 27.7 Å². The number of hydrogen-bond acceptors (Lipinski definition) is 5. The van der Waals surface area contributed by atoms with Crippen molar-refractivity contribution >= 4 is 27.7 Å². The smallest absolute Gasteiger partial charge is 0.273 e. The number of amides is 1. The Morgan fingerprint density at radius 1 is 1.26 bits per heavy atom. The zero-order chi connectivity index (χ0) is 19.8. The first-order valence-corrected chi connectivity index (χ1v) is 9.44. The number of nitrogens with zero attached hydrogens (tertiary/aromatic N) is 3. The van der Waals surface area contributed by atoms with Gasteiger partial charge in [-0.25, -0.2) is 14.1 Å². The zero-order valence-electron chi connectivity index (χ0n) is 15.7. The maximum absolute atomic E-state index is 13.0. The molecule has 0 radical (unpaired) electrons. The van der Waals surface area contributed by atoms with Crippen molar-refractivity contribution in [2.75, 3.05) is 5.43 Å². The molecule has 0 unspecified atom stereocenters. The van der Waals surface area contributed by atoms with Crippen LogP contribution < -0.4 is 11.0 Å². The van der Waals surface area contributed by atoms with Crippen molar-refractivity contribution in [3.63, 3.8) is 0 Å². The summed E-state index contributed by atoms with van der Waals surface area (Å²) in [5.41, 5.74) is 4.08. The highest BCUT2D eigenvalue weighted by atomic mass is 32.1. The van der Waals surface area contributed by atoms with Crippen molar-refractivity contribution < 1.29 is 9.18 Å². The molecule has 0 spiro atoms. The summed E-state index contributed by atoms with van der Waals surface area (Å²) < 4.78 is 19.0. The van der Waals surface area contributed by atoms with Crippen molar-refractivity contribution in [1.29, 1.82) is 0 Å². The summed E-state index contributed by atoms with van der Waals surface area (Å²) in [5, 5.41) is 0. The number of hydrogen-bond donors (Lipinski definition) is 1. The maximum Gasteiger partial charge on any atom is 0.292 e. The summed E-state index contributed by atoms with van der Waals surface area (Å²) in [5.74, 6) is -0.274. The molecule has 27 heavy (non-hydrogen) atoms. The molecule has 0 atom stereocenters. The van der Waals surface area contributed by atoms with Crippen LogP contribution in [0.3, 0.4) is 0 Å². The third kappa shape index (κ3) is 3.90. The molecule has 0 saturated heterocycles. The van der Waals surface area contributed by atoms with Gasteiger partial charge >= 0.3 is 0 Å². The van der Waals surface area contributed by atoms with Gasteiger partial charge in [-0.15, -0.1) is 0 Å². The molecule has 0 aliphatic rings. The first kappa shape index (κ1) is 19.2. The van der Waals surface area contributed by atoms with Crippen LogP contribution in [0.5, 0.6) is 0 Å². The Labute approximate surface area is 160 Å². The Kier molecular flexibility index (Phi) is 5.10. The number of aromatic nitrogens is 3. The van der Waals surface area contributed by atoms with Gasteiger partial charge in [0.15, 0.2) is 0 Å². The number of aryl methyl sites for hydroxylation is 1. The Hall–Kier alpha value is -2.61. The molecular formula is C19H21FN4O2S. The summed E-state index contributed by atoms with van der Waals surface area (Å²) in [6.07, 6.45) is 0.505. The lowest BCUT2D eigenvalue weighted by atomic mass is 9.91. The SMILES string of the molecule is CCc1nc2c(C(C)(C)C)nsc2c(=O)n1NC(=O)Cc1ccc(F)cc1. The molecule has 2 heterocycles. The molecule has 0 bridgehead atoms. The number of nitrogens with one attached hydrogen (secondary N) is 1. The first-order valence-electron chi connectivity index (χ1n) is 8.66. The maximum atomic E-state index is 13.0. The molecule has 1 N–H and O–H groups in total. The molecule has 142 valence electrons. The van der Waals surface area contributed by atoms with Gasteiger partial charge in [-0.3, -0.25) is 15.0 Å². The lowest BCUT2D eigenvalue weighted by Gasteiger charge is -2.16. The quantitative estimate of drug-likeness (QED) is 0.745. The first-order chi connectivity index (χ1) is 12.7. The minimum Gasteiger partial charge on any atom is -0.273 e. The van der Waals surface area contributed by atoms with Crippen LogP contribution in [0.25, 0.3) is 10.2 Å². The number of carbonyl (C=O) groups is 1. The number of benzene rings is 1. The lowest BCUT2D eigenvalue weighted by Crippen LogP contribution is -2.36. The molecule has 0 fully saturated rings. The number of halogens is 1. The highest BCUT2D eigenvalue weighted by Crippen LogP contribution is 2.29. The van der Waals surface area contributed by atoms with Gasteiger partial charge in [-0.05, 0) is 29.2 Å². The van der Waals surface area contributed by atoms with E-state index in [0.717, 1.165) is 17.2 Å². The Morgan fingerprint density at radius 3 is 2.52 bits per heavy atom. The highest BCUT2D eigenvalue weighted by Gasteiger charge is 2.25. The van der Waals surface area contributed by atoms with Gasteiger partial charge in [0.05, 0.1) is 12.1 Å².